The maximum atomic E-state index is 15.3. The van der Waals surface area contributed by atoms with Crippen molar-refractivity contribution in [1.82, 2.24) is 4.98 Å². The van der Waals surface area contributed by atoms with E-state index in [2.05, 4.69) is 11.9 Å². The SMILES string of the molecule is CCCO[C@@H](c1ccccc1)[C@@H]1CC(=O)N(c2ccc(Oc3ccnc4cc(OC)c(OC)cc34)c(F)c2)C1. The van der Waals surface area contributed by atoms with Gasteiger partial charge in [0.1, 0.15) is 5.75 Å². The number of amides is 1. The van der Waals surface area contributed by atoms with E-state index in [1.165, 1.54) is 6.07 Å². The van der Waals surface area contributed by atoms with Crippen LogP contribution >= 0.6 is 0 Å². The predicted octanol–water partition coefficient (Wildman–Crippen LogP) is 6.70. The van der Waals surface area contributed by atoms with Crippen LogP contribution in [0.3, 0.4) is 0 Å². The lowest BCUT2D eigenvalue weighted by atomic mass is 9.94. The van der Waals surface area contributed by atoms with Crippen LogP contribution in [0.5, 0.6) is 23.0 Å². The molecule has 5 rings (SSSR count). The van der Waals surface area contributed by atoms with Crippen molar-refractivity contribution in [3.05, 3.63) is 84.3 Å². The molecule has 0 N–H and O–H groups in total. The number of aromatic nitrogens is 1. The number of hydrogen-bond acceptors (Lipinski definition) is 6. The van der Waals surface area contributed by atoms with Crippen molar-refractivity contribution < 1.29 is 28.1 Å². The third-order valence-corrected chi connectivity index (χ3v) is 6.87. The second kappa shape index (κ2) is 11.7. The lowest BCUT2D eigenvalue weighted by Crippen LogP contribution is -2.26. The molecule has 1 aliphatic rings. The Kier molecular flexibility index (Phi) is 7.93. The molecule has 8 heteroatoms. The molecular formula is C31H31FN2O5. The summed E-state index contributed by atoms with van der Waals surface area (Å²) in [5.74, 6) is 0.833. The summed E-state index contributed by atoms with van der Waals surface area (Å²) in [5, 5.41) is 0.648. The predicted molar refractivity (Wildman–Crippen MR) is 147 cm³/mol. The number of halogens is 1. The van der Waals surface area contributed by atoms with E-state index in [1.807, 2.05) is 30.3 Å². The van der Waals surface area contributed by atoms with Crippen molar-refractivity contribution in [3.63, 3.8) is 0 Å². The van der Waals surface area contributed by atoms with Gasteiger partial charge in [0.15, 0.2) is 23.1 Å². The van der Waals surface area contributed by atoms with E-state index in [4.69, 9.17) is 18.9 Å². The Hall–Kier alpha value is -4.17. The van der Waals surface area contributed by atoms with Gasteiger partial charge in [0.2, 0.25) is 5.91 Å². The van der Waals surface area contributed by atoms with E-state index in [-0.39, 0.29) is 23.7 Å². The summed E-state index contributed by atoms with van der Waals surface area (Å²) in [6.45, 7) is 3.11. The van der Waals surface area contributed by atoms with Crippen molar-refractivity contribution in [2.24, 2.45) is 5.92 Å². The van der Waals surface area contributed by atoms with Gasteiger partial charge < -0.3 is 23.8 Å². The van der Waals surface area contributed by atoms with Crippen molar-refractivity contribution in [2.75, 3.05) is 32.3 Å². The minimum Gasteiger partial charge on any atom is -0.493 e. The maximum absolute atomic E-state index is 15.3. The topological polar surface area (TPSA) is 70.1 Å². The largest absolute Gasteiger partial charge is 0.493 e. The van der Waals surface area contributed by atoms with Crippen LogP contribution in [0.1, 0.15) is 31.4 Å². The summed E-state index contributed by atoms with van der Waals surface area (Å²) in [7, 11) is 3.09. The highest BCUT2D eigenvalue weighted by Crippen LogP contribution is 2.39. The Bertz CT molecular complexity index is 1460. The first kappa shape index (κ1) is 26.4. The van der Waals surface area contributed by atoms with Crippen LogP contribution in [0.25, 0.3) is 10.9 Å². The molecule has 1 amide bonds. The van der Waals surface area contributed by atoms with Gasteiger partial charge in [-0.25, -0.2) is 4.39 Å². The third-order valence-electron chi connectivity index (χ3n) is 6.87. The Labute approximate surface area is 227 Å². The monoisotopic (exact) mass is 530 g/mol. The van der Waals surface area contributed by atoms with Gasteiger partial charge in [0.25, 0.3) is 0 Å². The van der Waals surface area contributed by atoms with Gasteiger partial charge in [-0.05, 0) is 36.2 Å². The zero-order valence-corrected chi connectivity index (χ0v) is 22.2. The molecule has 2 atom stereocenters. The van der Waals surface area contributed by atoms with Crippen LogP contribution < -0.4 is 19.1 Å². The molecule has 3 aromatic carbocycles. The molecule has 0 aliphatic carbocycles. The third kappa shape index (κ3) is 5.52. The van der Waals surface area contributed by atoms with Crippen molar-refractivity contribution in [2.45, 2.75) is 25.9 Å². The molecular weight excluding hydrogens is 499 g/mol. The first-order valence-electron chi connectivity index (χ1n) is 13.0. The van der Waals surface area contributed by atoms with Crippen LogP contribution in [0, 0.1) is 11.7 Å². The number of carbonyl (C=O) groups excluding carboxylic acids is 1. The van der Waals surface area contributed by atoms with E-state index in [0.717, 1.165) is 12.0 Å². The quantitative estimate of drug-likeness (QED) is 0.227. The molecule has 1 fully saturated rings. The second-order valence-electron chi connectivity index (χ2n) is 9.42. The molecule has 0 spiro atoms. The molecule has 4 aromatic rings. The normalized spacial score (nSPS) is 15.9. The fourth-order valence-corrected chi connectivity index (χ4v) is 4.97. The summed E-state index contributed by atoms with van der Waals surface area (Å²) in [6.07, 6.45) is 2.59. The van der Waals surface area contributed by atoms with Crippen LogP contribution in [-0.4, -0.2) is 38.3 Å². The van der Waals surface area contributed by atoms with Crippen LogP contribution in [0.2, 0.25) is 0 Å². The van der Waals surface area contributed by atoms with Crippen molar-refractivity contribution in [3.8, 4) is 23.0 Å². The Balaban J connectivity index is 1.37. The molecule has 1 aromatic heterocycles. The average Bonchev–Trinajstić information content (AvgIpc) is 3.35. The van der Waals surface area contributed by atoms with E-state index in [1.54, 1.807) is 55.6 Å². The Morgan fingerprint density at radius 3 is 2.46 bits per heavy atom. The number of nitrogens with zero attached hydrogens (tertiary/aromatic N) is 2. The standard InChI is InChI=1S/C31H31FN2O5/c1-4-14-38-31(20-8-6-5-7-9-20)21-15-30(35)34(19-21)22-10-11-27(24(32)16-22)39-26-12-13-33-25-18-29(37-3)28(36-2)17-23(25)26/h5-13,16-18,21,31H,4,14-15,19H2,1-3H3/t21-,31+/m1/s1. The number of anilines is 1. The van der Waals surface area contributed by atoms with Gasteiger partial charge in [-0.1, -0.05) is 37.3 Å². The van der Waals surface area contributed by atoms with Gasteiger partial charge in [0.05, 0.1) is 25.8 Å². The average molecular weight is 531 g/mol. The van der Waals surface area contributed by atoms with Gasteiger partial charge in [0, 0.05) is 54.9 Å². The van der Waals surface area contributed by atoms with Crippen LogP contribution in [0.4, 0.5) is 10.1 Å². The lowest BCUT2D eigenvalue weighted by molar-refractivity contribution is -0.117. The molecule has 0 unspecified atom stereocenters. The van der Waals surface area contributed by atoms with E-state index >= 15 is 4.39 Å². The first-order valence-corrected chi connectivity index (χ1v) is 13.0. The molecule has 2 heterocycles. The van der Waals surface area contributed by atoms with Crippen molar-refractivity contribution >= 4 is 22.5 Å². The highest BCUT2D eigenvalue weighted by Gasteiger charge is 2.37. The minimum atomic E-state index is -0.573. The van der Waals surface area contributed by atoms with E-state index in [9.17, 15) is 4.79 Å². The molecule has 0 saturated carbocycles. The minimum absolute atomic E-state index is 0.0395. The first-order chi connectivity index (χ1) is 19.0. The number of carbonyl (C=O) groups is 1. The van der Waals surface area contributed by atoms with Gasteiger partial charge in [-0.3, -0.25) is 9.78 Å². The summed E-state index contributed by atoms with van der Waals surface area (Å²) in [6, 6.07) is 19.7. The number of hydrogen-bond donors (Lipinski definition) is 0. The summed E-state index contributed by atoms with van der Waals surface area (Å²) >= 11 is 0. The number of ether oxygens (including phenoxy) is 4. The number of benzene rings is 3. The van der Waals surface area contributed by atoms with E-state index < -0.39 is 5.82 Å². The number of rotatable bonds is 10. The van der Waals surface area contributed by atoms with Gasteiger partial charge in [-0.15, -0.1) is 0 Å². The fourth-order valence-electron chi connectivity index (χ4n) is 4.97. The molecule has 39 heavy (non-hydrogen) atoms. The number of pyridine rings is 1. The highest BCUT2D eigenvalue weighted by atomic mass is 19.1. The zero-order chi connectivity index (χ0) is 27.4. The fraction of sp³-hybridized carbons (Fsp3) is 0.290. The van der Waals surface area contributed by atoms with Crippen molar-refractivity contribution in [1.29, 1.82) is 0 Å². The summed E-state index contributed by atoms with van der Waals surface area (Å²) in [4.78, 5) is 19.0. The lowest BCUT2D eigenvalue weighted by Gasteiger charge is -2.24. The Morgan fingerprint density at radius 2 is 1.74 bits per heavy atom. The summed E-state index contributed by atoms with van der Waals surface area (Å²) < 4.78 is 38.2. The molecule has 0 radical (unpaired) electrons. The Morgan fingerprint density at radius 1 is 0.974 bits per heavy atom. The van der Waals surface area contributed by atoms with Crippen LogP contribution in [-0.2, 0) is 9.53 Å². The van der Waals surface area contributed by atoms with Crippen LogP contribution in [0.15, 0.2) is 72.9 Å². The zero-order valence-electron chi connectivity index (χ0n) is 22.2. The number of methoxy groups -OCH3 is 2. The summed E-state index contributed by atoms with van der Waals surface area (Å²) in [5.41, 5.74) is 2.15. The molecule has 1 aliphatic heterocycles. The molecule has 202 valence electrons. The van der Waals surface area contributed by atoms with Gasteiger partial charge >= 0.3 is 0 Å². The molecule has 0 bridgehead atoms. The maximum Gasteiger partial charge on any atom is 0.227 e. The molecule has 7 nitrogen and oxygen atoms in total. The molecule has 1 saturated heterocycles. The highest BCUT2D eigenvalue weighted by molar-refractivity contribution is 5.96. The smallest absolute Gasteiger partial charge is 0.227 e. The van der Waals surface area contributed by atoms with E-state index in [0.29, 0.717) is 53.4 Å². The number of fused-ring (bicyclic) bond motifs is 1. The van der Waals surface area contributed by atoms with Gasteiger partial charge in [-0.2, -0.15) is 0 Å². The second-order valence-corrected chi connectivity index (χ2v) is 9.42.